The molecule has 0 saturated heterocycles. The molecule has 1 aliphatic carbocycles. The molecule has 0 aliphatic heterocycles. The van der Waals surface area contributed by atoms with Crippen molar-refractivity contribution in [3.8, 4) is 0 Å². The fraction of sp³-hybridized carbons (Fsp3) is 0.500. The molecule has 0 aromatic heterocycles. The van der Waals surface area contributed by atoms with Gasteiger partial charge in [-0.1, -0.05) is 29.3 Å². The van der Waals surface area contributed by atoms with Crippen molar-refractivity contribution in [3.63, 3.8) is 0 Å². The van der Waals surface area contributed by atoms with E-state index in [4.69, 9.17) is 16.4 Å². The third-order valence-electron chi connectivity index (χ3n) is 3.36. The summed E-state index contributed by atoms with van der Waals surface area (Å²) in [5, 5.41) is 10.8. The zero-order chi connectivity index (χ0) is 15.6. The number of benzene rings is 1. The zero-order valence-electron chi connectivity index (χ0n) is 11.3. The number of nitrogens with one attached hydrogen (secondary N) is 1. The zero-order valence-corrected chi connectivity index (χ0v) is 12.9. The summed E-state index contributed by atoms with van der Waals surface area (Å²) < 4.78 is 24.4. The summed E-state index contributed by atoms with van der Waals surface area (Å²) in [6, 6.07) is 2.20. The van der Waals surface area contributed by atoms with Gasteiger partial charge in [-0.3, -0.25) is 15.0 Å². The lowest BCUT2D eigenvalue weighted by atomic mass is 10.2. The Morgan fingerprint density at radius 2 is 2.00 bits per heavy atom. The van der Waals surface area contributed by atoms with Crippen LogP contribution in [-0.2, 0) is 14.9 Å². The molecule has 7 nitrogen and oxygen atoms in total. The van der Waals surface area contributed by atoms with Crippen LogP contribution >= 0.6 is 11.6 Å². The maximum atomic E-state index is 12.2. The molecular formula is C12H15ClN2O5S. The Morgan fingerprint density at radius 3 is 2.57 bits per heavy atom. The predicted octanol–water partition coefficient (Wildman–Crippen LogP) is 2.71. The van der Waals surface area contributed by atoms with Crippen molar-refractivity contribution in [2.75, 3.05) is 0 Å². The van der Waals surface area contributed by atoms with Crippen molar-refractivity contribution in [3.05, 3.63) is 32.8 Å². The molecule has 116 valence electrons. The average Bonchev–Trinajstić information content (AvgIpc) is 2.88. The Labute approximate surface area is 127 Å². The molecule has 0 atom stereocenters. The lowest BCUT2D eigenvalue weighted by molar-refractivity contribution is -0.384. The second-order valence-corrected chi connectivity index (χ2v) is 6.96. The Bertz CT molecular complexity index is 656. The van der Waals surface area contributed by atoms with Crippen LogP contribution < -0.4 is 4.89 Å². The number of halogens is 1. The molecule has 0 radical (unpaired) electrons. The van der Waals surface area contributed by atoms with Gasteiger partial charge in [-0.15, -0.1) is 0 Å². The minimum Gasteiger partial charge on any atom is -0.284 e. The average molecular weight is 335 g/mol. The van der Waals surface area contributed by atoms with Crippen LogP contribution in [0.2, 0.25) is 5.02 Å². The Hall–Kier alpha value is -1.22. The third kappa shape index (κ3) is 3.70. The van der Waals surface area contributed by atoms with Gasteiger partial charge in [-0.05, 0) is 31.4 Å². The maximum absolute atomic E-state index is 12.2. The quantitative estimate of drug-likeness (QED) is 0.659. The second kappa shape index (κ2) is 6.27. The summed E-state index contributed by atoms with van der Waals surface area (Å²) in [5.41, 5.74) is -0.142. The van der Waals surface area contributed by atoms with Gasteiger partial charge in [0.25, 0.3) is 15.7 Å². The minimum absolute atomic E-state index is 0.104. The molecule has 1 aliphatic rings. The molecular weight excluding hydrogens is 320 g/mol. The van der Waals surface area contributed by atoms with Crippen molar-refractivity contribution in [1.29, 1.82) is 0 Å². The van der Waals surface area contributed by atoms with E-state index in [9.17, 15) is 18.5 Å². The van der Waals surface area contributed by atoms with E-state index in [0.29, 0.717) is 5.56 Å². The van der Waals surface area contributed by atoms with Gasteiger partial charge in [0, 0.05) is 6.07 Å². The van der Waals surface area contributed by atoms with E-state index in [1.165, 1.54) is 13.0 Å². The minimum atomic E-state index is -3.99. The summed E-state index contributed by atoms with van der Waals surface area (Å²) in [4.78, 5) is 17.1. The first-order valence-electron chi connectivity index (χ1n) is 6.43. The number of sulfonamides is 1. The molecule has 1 aromatic rings. The van der Waals surface area contributed by atoms with Crippen molar-refractivity contribution >= 4 is 27.3 Å². The molecule has 0 amide bonds. The highest BCUT2D eigenvalue weighted by Gasteiger charge is 2.25. The van der Waals surface area contributed by atoms with E-state index in [2.05, 4.69) is 4.89 Å². The van der Waals surface area contributed by atoms with Crippen molar-refractivity contribution in [2.24, 2.45) is 0 Å². The molecule has 1 saturated carbocycles. The Balaban J connectivity index is 2.26. The van der Waals surface area contributed by atoms with Gasteiger partial charge in [-0.25, -0.2) is 8.42 Å². The lowest BCUT2D eigenvalue weighted by Gasteiger charge is -2.13. The molecule has 21 heavy (non-hydrogen) atoms. The SMILES string of the molecule is Cc1cc(Cl)c([N+](=O)[O-])cc1S(=O)(=O)NOC1CCCC1. The van der Waals surface area contributed by atoms with Gasteiger partial charge in [0.05, 0.1) is 15.9 Å². The first kappa shape index (κ1) is 16.2. The maximum Gasteiger partial charge on any atom is 0.289 e. The number of aryl methyl sites for hydroxylation is 1. The third-order valence-corrected chi connectivity index (χ3v) is 4.99. The Kier molecular flexibility index (Phi) is 4.82. The molecule has 1 fully saturated rings. The number of nitro benzene ring substituents is 1. The van der Waals surface area contributed by atoms with Crippen LogP contribution in [0.1, 0.15) is 31.2 Å². The second-order valence-electron chi connectivity index (χ2n) is 4.94. The summed E-state index contributed by atoms with van der Waals surface area (Å²) in [5.74, 6) is 0. The number of hydrogen-bond donors (Lipinski definition) is 1. The molecule has 0 spiro atoms. The largest absolute Gasteiger partial charge is 0.289 e. The standard InChI is InChI=1S/C12H15ClN2O5S/c1-8-6-10(13)11(15(16)17)7-12(8)21(18,19)14-20-9-4-2-3-5-9/h6-7,9,14H,2-5H2,1H3. The highest BCUT2D eigenvalue weighted by molar-refractivity contribution is 7.89. The van der Waals surface area contributed by atoms with E-state index in [1.807, 2.05) is 0 Å². The predicted molar refractivity (Wildman–Crippen MR) is 76.5 cm³/mol. The fourth-order valence-electron chi connectivity index (χ4n) is 2.25. The molecule has 0 heterocycles. The van der Waals surface area contributed by atoms with Gasteiger partial charge in [-0.2, -0.15) is 0 Å². The number of nitrogens with zero attached hydrogens (tertiary/aromatic N) is 1. The summed E-state index contributed by atoms with van der Waals surface area (Å²) in [6.07, 6.45) is 3.43. The van der Waals surface area contributed by atoms with Crippen LogP contribution in [0.15, 0.2) is 17.0 Å². The van der Waals surface area contributed by atoms with Crippen LogP contribution in [0.4, 0.5) is 5.69 Å². The fourth-order valence-corrected chi connectivity index (χ4v) is 3.64. The smallest absolute Gasteiger partial charge is 0.284 e. The van der Waals surface area contributed by atoms with E-state index in [1.54, 1.807) is 0 Å². The van der Waals surface area contributed by atoms with Crippen molar-refractivity contribution < 1.29 is 18.2 Å². The van der Waals surface area contributed by atoms with Crippen LogP contribution in [0, 0.1) is 17.0 Å². The van der Waals surface area contributed by atoms with Gasteiger partial charge in [0.2, 0.25) is 0 Å². The van der Waals surface area contributed by atoms with Gasteiger partial charge >= 0.3 is 0 Å². The molecule has 1 aromatic carbocycles. The Morgan fingerprint density at radius 1 is 1.38 bits per heavy atom. The number of hydrogen-bond acceptors (Lipinski definition) is 5. The molecule has 9 heteroatoms. The lowest BCUT2D eigenvalue weighted by Crippen LogP contribution is -2.29. The van der Waals surface area contributed by atoms with E-state index in [0.717, 1.165) is 31.7 Å². The van der Waals surface area contributed by atoms with Crippen LogP contribution in [0.25, 0.3) is 0 Å². The van der Waals surface area contributed by atoms with Gasteiger partial charge in [0.1, 0.15) is 5.02 Å². The van der Waals surface area contributed by atoms with Gasteiger partial charge in [0.15, 0.2) is 0 Å². The monoisotopic (exact) mass is 334 g/mol. The van der Waals surface area contributed by atoms with Crippen LogP contribution in [0.3, 0.4) is 0 Å². The van der Waals surface area contributed by atoms with E-state index in [-0.39, 0.29) is 16.0 Å². The molecule has 0 unspecified atom stereocenters. The number of rotatable bonds is 5. The first-order valence-corrected chi connectivity index (χ1v) is 8.29. The highest BCUT2D eigenvalue weighted by atomic mass is 35.5. The van der Waals surface area contributed by atoms with Gasteiger partial charge < -0.3 is 0 Å². The first-order chi connectivity index (χ1) is 9.81. The summed E-state index contributed by atoms with van der Waals surface area (Å²) in [6.45, 7) is 1.51. The topological polar surface area (TPSA) is 98.5 Å². The number of nitro groups is 1. The summed E-state index contributed by atoms with van der Waals surface area (Å²) >= 11 is 5.74. The normalized spacial score (nSPS) is 16.3. The van der Waals surface area contributed by atoms with Crippen molar-refractivity contribution in [1.82, 2.24) is 4.89 Å². The molecule has 1 N–H and O–H groups in total. The van der Waals surface area contributed by atoms with Crippen LogP contribution in [0.5, 0.6) is 0 Å². The summed E-state index contributed by atoms with van der Waals surface area (Å²) in [7, 11) is -3.99. The highest BCUT2D eigenvalue weighted by Crippen LogP contribution is 2.30. The van der Waals surface area contributed by atoms with E-state index >= 15 is 0 Å². The van der Waals surface area contributed by atoms with E-state index < -0.39 is 20.6 Å². The van der Waals surface area contributed by atoms with Crippen molar-refractivity contribution in [2.45, 2.75) is 43.6 Å². The van der Waals surface area contributed by atoms with Crippen LogP contribution in [-0.4, -0.2) is 19.4 Å². The molecule has 2 rings (SSSR count). The molecule has 0 bridgehead atoms.